The number of nitrogens with zero attached hydrogens (tertiary/aromatic N) is 2. The first-order valence-corrected chi connectivity index (χ1v) is 10.4. The number of ether oxygens (including phenoxy) is 1. The Kier molecular flexibility index (Phi) is 4.87. The molecule has 3 aromatic rings. The number of hydrogen-bond acceptors (Lipinski definition) is 5. The molecule has 2 heterocycles. The molecule has 1 aromatic carbocycles. The summed E-state index contributed by atoms with van der Waals surface area (Å²) in [5.74, 6) is -1.28. The quantitative estimate of drug-likeness (QED) is 0.687. The van der Waals surface area contributed by atoms with Crippen LogP contribution in [-0.4, -0.2) is 31.5 Å². The fourth-order valence-electron chi connectivity index (χ4n) is 3.74. The number of aromatic nitrogens is 2. The molecule has 6 nitrogen and oxygen atoms in total. The first-order valence-electron chi connectivity index (χ1n) is 8.99. The third-order valence-corrected chi connectivity index (χ3v) is 6.88. The van der Waals surface area contributed by atoms with Crippen molar-refractivity contribution >= 4 is 10.0 Å². The largest absolute Gasteiger partial charge is 0.481 e. The summed E-state index contributed by atoms with van der Waals surface area (Å²) in [4.78, 5) is 3.93. The van der Waals surface area contributed by atoms with Crippen molar-refractivity contribution in [2.75, 3.05) is 14.2 Å². The van der Waals surface area contributed by atoms with Crippen molar-refractivity contribution < 1.29 is 21.9 Å². The van der Waals surface area contributed by atoms with E-state index in [1.807, 2.05) is 0 Å². The molecule has 0 spiro atoms. The maximum atomic E-state index is 14.6. The van der Waals surface area contributed by atoms with E-state index in [4.69, 9.17) is 4.74 Å². The fourth-order valence-corrected chi connectivity index (χ4v) is 5.27. The second kappa shape index (κ2) is 7.23. The van der Waals surface area contributed by atoms with Crippen molar-refractivity contribution in [3.05, 3.63) is 65.5 Å². The Hall–Kier alpha value is -2.78. The summed E-state index contributed by atoms with van der Waals surface area (Å²) in [6, 6.07) is 7.56. The van der Waals surface area contributed by atoms with Crippen molar-refractivity contribution in [1.29, 1.82) is 0 Å². The van der Waals surface area contributed by atoms with Crippen LogP contribution in [0.15, 0.2) is 47.5 Å². The van der Waals surface area contributed by atoms with E-state index in [9.17, 15) is 17.2 Å². The summed E-state index contributed by atoms with van der Waals surface area (Å²) in [5.41, 5.74) is 1.54. The Bertz CT molecular complexity index is 1170. The van der Waals surface area contributed by atoms with Crippen molar-refractivity contribution in [2.45, 2.75) is 23.8 Å². The van der Waals surface area contributed by atoms with Crippen LogP contribution in [0.2, 0.25) is 0 Å². The zero-order valence-electron chi connectivity index (χ0n) is 15.8. The van der Waals surface area contributed by atoms with Gasteiger partial charge in [-0.25, -0.2) is 26.2 Å². The molecule has 9 heteroatoms. The van der Waals surface area contributed by atoms with Crippen LogP contribution >= 0.6 is 0 Å². The molecule has 152 valence electrons. The first-order chi connectivity index (χ1) is 13.9. The number of pyridine rings is 1. The van der Waals surface area contributed by atoms with Crippen molar-refractivity contribution in [2.24, 2.45) is 0 Å². The number of methoxy groups -OCH3 is 1. The van der Waals surface area contributed by atoms with Crippen molar-refractivity contribution in [3.8, 4) is 17.1 Å². The zero-order chi connectivity index (χ0) is 20.8. The maximum Gasteiger partial charge on any atom is 0.269 e. The number of hydrogen-bond donors (Lipinski definition) is 1. The molecule has 0 aliphatic heterocycles. The summed E-state index contributed by atoms with van der Waals surface area (Å²) in [6.45, 7) is 0. The van der Waals surface area contributed by atoms with Gasteiger partial charge in [-0.1, -0.05) is 0 Å². The third-order valence-electron chi connectivity index (χ3n) is 5.15. The van der Waals surface area contributed by atoms with Gasteiger partial charge in [0.15, 0.2) is 0 Å². The first kappa shape index (κ1) is 19.5. The molecule has 1 atom stereocenters. The molecule has 1 aliphatic carbocycles. The average molecular weight is 419 g/mol. The van der Waals surface area contributed by atoms with E-state index < -0.39 is 21.7 Å². The Labute approximate surface area is 167 Å². The minimum Gasteiger partial charge on any atom is -0.481 e. The number of nitrogens with one attached hydrogen (secondary N) is 1. The molecular weight excluding hydrogens is 400 g/mol. The molecule has 0 saturated carbocycles. The lowest BCUT2D eigenvalue weighted by molar-refractivity contribution is 0.397. The SMILES string of the molecule is CNC1CCc2c1cc(-c1ccc(F)cc1F)n2S(=O)(=O)c1ccc(OC)nc1. The topological polar surface area (TPSA) is 73.2 Å². The molecule has 1 N–H and O–H groups in total. The van der Waals surface area contributed by atoms with E-state index in [0.717, 1.165) is 28.1 Å². The number of benzene rings is 1. The molecule has 4 rings (SSSR count). The highest BCUT2D eigenvalue weighted by Gasteiger charge is 2.34. The van der Waals surface area contributed by atoms with E-state index in [1.165, 1.54) is 31.5 Å². The van der Waals surface area contributed by atoms with Crippen LogP contribution in [0.3, 0.4) is 0 Å². The van der Waals surface area contributed by atoms with Gasteiger partial charge in [0.05, 0.1) is 19.0 Å². The maximum absolute atomic E-state index is 14.6. The molecular formula is C20H19F2N3O3S. The Morgan fingerprint density at radius 3 is 2.62 bits per heavy atom. The van der Waals surface area contributed by atoms with Crippen LogP contribution in [0.4, 0.5) is 8.78 Å². The second-order valence-electron chi connectivity index (χ2n) is 6.74. The van der Waals surface area contributed by atoms with Crippen LogP contribution in [0.5, 0.6) is 5.88 Å². The highest BCUT2D eigenvalue weighted by molar-refractivity contribution is 7.90. The molecule has 2 aromatic heterocycles. The van der Waals surface area contributed by atoms with Crippen molar-refractivity contribution in [3.63, 3.8) is 0 Å². The molecule has 1 unspecified atom stereocenters. The number of halogens is 2. The van der Waals surface area contributed by atoms with E-state index in [-0.39, 0.29) is 28.1 Å². The summed E-state index contributed by atoms with van der Waals surface area (Å²) < 4.78 is 61.1. The van der Waals surface area contributed by atoms with Crippen LogP contribution in [0.25, 0.3) is 11.3 Å². The summed E-state index contributed by atoms with van der Waals surface area (Å²) >= 11 is 0. The molecule has 0 radical (unpaired) electrons. The molecule has 0 saturated heterocycles. The van der Waals surface area contributed by atoms with Gasteiger partial charge in [0, 0.05) is 29.4 Å². The highest BCUT2D eigenvalue weighted by atomic mass is 32.2. The smallest absolute Gasteiger partial charge is 0.269 e. The van der Waals surface area contributed by atoms with E-state index in [0.29, 0.717) is 12.1 Å². The average Bonchev–Trinajstić information content (AvgIpc) is 3.27. The van der Waals surface area contributed by atoms with Gasteiger partial charge in [0.25, 0.3) is 10.0 Å². The summed E-state index contributed by atoms with van der Waals surface area (Å²) in [7, 11) is -0.851. The summed E-state index contributed by atoms with van der Waals surface area (Å²) in [6.07, 6.45) is 2.44. The fraction of sp³-hybridized carbons (Fsp3) is 0.250. The number of rotatable bonds is 5. The minimum absolute atomic E-state index is 0.0145. The lowest BCUT2D eigenvalue weighted by Crippen LogP contribution is -2.17. The van der Waals surface area contributed by atoms with Crippen LogP contribution in [0.1, 0.15) is 23.7 Å². The van der Waals surface area contributed by atoms with E-state index in [1.54, 1.807) is 13.1 Å². The lowest BCUT2D eigenvalue weighted by Gasteiger charge is -2.14. The third kappa shape index (κ3) is 3.20. The van der Waals surface area contributed by atoms with Crippen molar-refractivity contribution in [1.82, 2.24) is 14.3 Å². The molecule has 29 heavy (non-hydrogen) atoms. The number of fused-ring (bicyclic) bond motifs is 1. The monoisotopic (exact) mass is 419 g/mol. The Balaban J connectivity index is 1.96. The Morgan fingerprint density at radius 2 is 2.00 bits per heavy atom. The van der Waals surface area contributed by atoms with Gasteiger partial charge in [-0.05, 0) is 49.7 Å². The van der Waals surface area contributed by atoms with Gasteiger partial charge < -0.3 is 10.1 Å². The summed E-state index contributed by atoms with van der Waals surface area (Å²) in [5, 5.41) is 3.15. The Morgan fingerprint density at radius 1 is 1.21 bits per heavy atom. The normalized spacial score (nSPS) is 16.1. The van der Waals surface area contributed by atoms with Gasteiger partial charge in [-0.15, -0.1) is 0 Å². The van der Waals surface area contributed by atoms with Crippen LogP contribution in [-0.2, 0) is 16.4 Å². The standard InChI is InChI=1S/C20H19F2N3O3S/c1-23-17-6-7-18-15(17)10-19(14-5-3-12(21)9-16(14)22)25(18)29(26,27)13-4-8-20(28-2)24-11-13/h3-5,8-11,17,23H,6-7H2,1-2H3. The van der Waals surface area contributed by atoms with Gasteiger partial charge >= 0.3 is 0 Å². The zero-order valence-corrected chi connectivity index (χ0v) is 16.6. The van der Waals surface area contributed by atoms with Gasteiger partial charge in [-0.2, -0.15) is 0 Å². The highest BCUT2D eigenvalue weighted by Crippen LogP contribution is 2.40. The van der Waals surface area contributed by atoms with Gasteiger partial charge in [-0.3, -0.25) is 0 Å². The molecule has 1 aliphatic rings. The minimum atomic E-state index is -4.07. The van der Waals surface area contributed by atoms with E-state index >= 15 is 0 Å². The van der Waals surface area contributed by atoms with Gasteiger partial charge in [0.2, 0.25) is 5.88 Å². The molecule has 0 amide bonds. The second-order valence-corrected chi connectivity index (χ2v) is 8.53. The van der Waals surface area contributed by atoms with E-state index in [2.05, 4.69) is 10.3 Å². The van der Waals surface area contributed by atoms with Crippen LogP contribution in [0, 0.1) is 11.6 Å². The predicted molar refractivity (Wildman–Crippen MR) is 103 cm³/mol. The lowest BCUT2D eigenvalue weighted by atomic mass is 10.1. The van der Waals surface area contributed by atoms with Gasteiger partial charge in [0.1, 0.15) is 16.5 Å². The molecule has 0 fully saturated rings. The predicted octanol–water partition coefficient (Wildman–Crippen LogP) is 3.28. The molecule has 0 bridgehead atoms. The van der Waals surface area contributed by atoms with Crippen LogP contribution < -0.4 is 10.1 Å².